The van der Waals surface area contributed by atoms with Gasteiger partial charge in [-0.3, -0.25) is 4.68 Å². The Morgan fingerprint density at radius 3 is 2.38 bits per heavy atom. The first-order valence-electron chi connectivity index (χ1n) is 9.22. The molecule has 10 heteroatoms. The average Bonchev–Trinajstić information content (AvgIpc) is 3.02. The molecule has 1 heterocycles. The van der Waals surface area contributed by atoms with Gasteiger partial charge in [0.1, 0.15) is 6.54 Å². The number of nitrogens with zero attached hydrogens (tertiary/aromatic N) is 2. The van der Waals surface area contributed by atoms with Gasteiger partial charge in [-0.1, -0.05) is 25.0 Å². The lowest BCUT2D eigenvalue weighted by Gasteiger charge is -2.31. The minimum Gasteiger partial charge on any atom is -0.364 e. The number of sulfone groups is 1. The summed E-state index contributed by atoms with van der Waals surface area (Å²) in [6, 6.07) is 5.74. The zero-order valence-electron chi connectivity index (χ0n) is 15.7. The second-order valence-electron chi connectivity index (χ2n) is 7.46. The van der Waals surface area contributed by atoms with Gasteiger partial charge in [0.05, 0.1) is 10.6 Å². The zero-order chi connectivity index (χ0) is 21.4. The van der Waals surface area contributed by atoms with Crippen molar-refractivity contribution >= 4 is 9.84 Å². The van der Waals surface area contributed by atoms with Crippen LogP contribution in [0.4, 0.5) is 17.6 Å². The Labute approximate surface area is 166 Å². The predicted molar refractivity (Wildman–Crippen MR) is 98.6 cm³/mol. The van der Waals surface area contributed by atoms with Crippen LogP contribution in [0.3, 0.4) is 0 Å². The van der Waals surface area contributed by atoms with E-state index in [1.54, 1.807) is 0 Å². The van der Waals surface area contributed by atoms with Gasteiger partial charge in [-0.05, 0) is 30.5 Å². The van der Waals surface area contributed by atoms with E-state index in [0.717, 1.165) is 23.8 Å². The fourth-order valence-electron chi connectivity index (χ4n) is 3.91. The SMILES string of the molecule is CS(=O)(=O)c1ccc(-c2cn(CC(F)(F)F)nc2C2CCCCC2C(O)F)cc1. The van der Waals surface area contributed by atoms with Gasteiger partial charge in [-0.25, -0.2) is 12.8 Å². The first-order valence-corrected chi connectivity index (χ1v) is 11.1. The fourth-order valence-corrected chi connectivity index (χ4v) is 4.54. The van der Waals surface area contributed by atoms with Crippen LogP contribution in [0, 0.1) is 5.92 Å². The summed E-state index contributed by atoms with van der Waals surface area (Å²) in [6.07, 6.45) is -1.86. The standard InChI is InChI=1S/C19H22F4N2O3S/c1-29(27,28)13-8-6-12(7-9-13)16-10-25(11-19(21,22)23)24-17(16)14-4-2-3-5-15(14)18(20)26/h6-10,14-15,18,26H,2-5,11H2,1H3. The highest BCUT2D eigenvalue weighted by molar-refractivity contribution is 7.90. The molecule has 0 amide bonds. The second-order valence-corrected chi connectivity index (χ2v) is 9.48. The molecule has 3 rings (SSSR count). The van der Waals surface area contributed by atoms with Gasteiger partial charge >= 0.3 is 6.18 Å². The Morgan fingerprint density at radius 2 is 1.83 bits per heavy atom. The normalized spacial score (nSPS) is 21.9. The number of aliphatic hydroxyl groups is 1. The van der Waals surface area contributed by atoms with Gasteiger partial charge in [-0.15, -0.1) is 0 Å². The van der Waals surface area contributed by atoms with Crippen molar-refractivity contribution in [2.24, 2.45) is 5.92 Å². The van der Waals surface area contributed by atoms with Crippen LogP contribution in [0.25, 0.3) is 11.1 Å². The molecule has 0 radical (unpaired) electrons. The van der Waals surface area contributed by atoms with E-state index < -0.39 is 40.8 Å². The van der Waals surface area contributed by atoms with Crippen molar-refractivity contribution in [2.45, 2.75) is 55.6 Å². The third kappa shape index (κ3) is 5.16. The first-order chi connectivity index (χ1) is 13.5. The van der Waals surface area contributed by atoms with E-state index in [4.69, 9.17) is 0 Å². The molecular formula is C19H22F4N2O3S. The second kappa shape index (κ2) is 8.06. The molecule has 0 spiro atoms. The monoisotopic (exact) mass is 434 g/mol. The van der Waals surface area contributed by atoms with Crippen molar-refractivity contribution in [3.63, 3.8) is 0 Å². The molecule has 3 unspecified atom stereocenters. The lowest BCUT2D eigenvalue weighted by Crippen LogP contribution is -2.27. The summed E-state index contributed by atoms with van der Waals surface area (Å²) in [5.41, 5.74) is 1.16. The van der Waals surface area contributed by atoms with Crippen LogP contribution in [0.1, 0.15) is 37.3 Å². The smallest absolute Gasteiger partial charge is 0.364 e. The van der Waals surface area contributed by atoms with Crippen LogP contribution in [-0.2, 0) is 16.4 Å². The Bertz CT molecular complexity index is 953. The highest BCUT2D eigenvalue weighted by Crippen LogP contribution is 2.43. The summed E-state index contributed by atoms with van der Waals surface area (Å²) < 4.78 is 76.6. The van der Waals surface area contributed by atoms with Gasteiger partial charge in [-0.2, -0.15) is 18.3 Å². The lowest BCUT2D eigenvalue weighted by atomic mass is 9.76. The van der Waals surface area contributed by atoms with Crippen molar-refractivity contribution in [3.05, 3.63) is 36.2 Å². The molecule has 5 nitrogen and oxygen atoms in total. The van der Waals surface area contributed by atoms with Crippen LogP contribution in [-0.4, -0.2) is 42.1 Å². The molecule has 1 N–H and O–H groups in total. The molecule has 160 valence electrons. The van der Waals surface area contributed by atoms with Gasteiger partial charge in [0.25, 0.3) is 0 Å². The van der Waals surface area contributed by atoms with Crippen molar-refractivity contribution in [2.75, 3.05) is 6.26 Å². The number of rotatable bonds is 5. The summed E-state index contributed by atoms with van der Waals surface area (Å²) in [6.45, 7) is -1.29. The maximum absolute atomic E-state index is 13.8. The molecule has 3 atom stereocenters. The number of hydrogen-bond donors (Lipinski definition) is 1. The topological polar surface area (TPSA) is 72.2 Å². The Kier molecular flexibility index (Phi) is 6.05. The van der Waals surface area contributed by atoms with Crippen LogP contribution in [0.5, 0.6) is 0 Å². The van der Waals surface area contributed by atoms with Crippen LogP contribution < -0.4 is 0 Å². The number of aromatic nitrogens is 2. The molecule has 2 aromatic rings. The largest absolute Gasteiger partial charge is 0.408 e. The minimum atomic E-state index is -4.48. The molecule has 1 aliphatic carbocycles. The maximum Gasteiger partial charge on any atom is 0.408 e. The number of hydrogen-bond acceptors (Lipinski definition) is 4. The van der Waals surface area contributed by atoms with Gasteiger partial charge in [0, 0.05) is 29.9 Å². The van der Waals surface area contributed by atoms with E-state index in [2.05, 4.69) is 5.10 Å². The molecule has 1 saturated carbocycles. The molecule has 0 saturated heterocycles. The Hall–Kier alpha value is -1.94. The maximum atomic E-state index is 13.8. The molecular weight excluding hydrogens is 412 g/mol. The first kappa shape index (κ1) is 21.8. The van der Waals surface area contributed by atoms with Crippen molar-refractivity contribution in [1.82, 2.24) is 9.78 Å². The lowest BCUT2D eigenvalue weighted by molar-refractivity contribution is -0.142. The third-order valence-electron chi connectivity index (χ3n) is 5.25. The van der Waals surface area contributed by atoms with Gasteiger partial charge < -0.3 is 5.11 Å². The third-order valence-corrected chi connectivity index (χ3v) is 6.38. The summed E-state index contributed by atoms with van der Waals surface area (Å²) in [5, 5.41) is 13.6. The Morgan fingerprint density at radius 1 is 1.21 bits per heavy atom. The van der Waals surface area contributed by atoms with E-state index >= 15 is 0 Å². The molecule has 1 fully saturated rings. The van der Waals surface area contributed by atoms with Crippen LogP contribution >= 0.6 is 0 Å². The zero-order valence-corrected chi connectivity index (χ0v) is 16.5. The summed E-state index contributed by atoms with van der Waals surface area (Å²) in [7, 11) is -3.42. The molecule has 1 aliphatic rings. The minimum absolute atomic E-state index is 0.0835. The molecule has 29 heavy (non-hydrogen) atoms. The predicted octanol–water partition coefficient (Wildman–Crippen LogP) is 4.08. The van der Waals surface area contributed by atoms with Crippen molar-refractivity contribution in [1.29, 1.82) is 0 Å². The Balaban J connectivity index is 2.07. The highest BCUT2D eigenvalue weighted by atomic mass is 32.2. The average molecular weight is 434 g/mol. The summed E-state index contributed by atoms with van der Waals surface area (Å²) in [5.74, 6) is -1.27. The quantitative estimate of drug-likeness (QED) is 0.720. The van der Waals surface area contributed by atoms with E-state index in [0.29, 0.717) is 29.7 Å². The number of alkyl halides is 4. The fraction of sp³-hybridized carbons (Fsp3) is 0.526. The van der Waals surface area contributed by atoms with E-state index in [1.807, 2.05) is 0 Å². The molecule has 1 aromatic carbocycles. The van der Waals surface area contributed by atoms with E-state index in [1.165, 1.54) is 30.5 Å². The molecule has 1 aromatic heterocycles. The summed E-state index contributed by atoms with van der Waals surface area (Å²) in [4.78, 5) is 0.0835. The van der Waals surface area contributed by atoms with Crippen LogP contribution in [0.2, 0.25) is 0 Å². The van der Waals surface area contributed by atoms with Gasteiger partial charge in [0.2, 0.25) is 0 Å². The number of benzene rings is 1. The van der Waals surface area contributed by atoms with Crippen molar-refractivity contribution < 1.29 is 31.1 Å². The number of halogens is 4. The van der Waals surface area contributed by atoms with E-state index in [9.17, 15) is 31.1 Å². The molecule has 0 aliphatic heterocycles. The number of aliphatic hydroxyl groups excluding tert-OH is 1. The van der Waals surface area contributed by atoms with E-state index in [-0.39, 0.29) is 4.90 Å². The molecule has 0 bridgehead atoms. The summed E-state index contributed by atoms with van der Waals surface area (Å²) >= 11 is 0. The van der Waals surface area contributed by atoms with Gasteiger partial charge in [0.15, 0.2) is 16.2 Å². The highest BCUT2D eigenvalue weighted by Gasteiger charge is 2.36. The van der Waals surface area contributed by atoms with Crippen LogP contribution in [0.15, 0.2) is 35.4 Å². The van der Waals surface area contributed by atoms with Crippen molar-refractivity contribution in [3.8, 4) is 11.1 Å².